The van der Waals surface area contributed by atoms with E-state index in [1.807, 2.05) is 12.1 Å². The first-order valence-corrected chi connectivity index (χ1v) is 10.3. The van der Waals surface area contributed by atoms with Crippen molar-refractivity contribution in [1.82, 2.24) is 14.8 Å². The van der Waals surface area contributed by atoms with Gasteiger partial charge in [-0.05, 0) is 42.5 Å². The summed E-state index contributed by atoms with van der Waals surface area (Å²) in [5.41, 5.74) is 1.63. The van der Waals surface area contributed by atoms with Crippen molar-refractivity contribution >= 4 is 50.9 Å². The standard InChI is InChI=1S/C19H17BrFN5O2S/c1-11(27)22-14-6-3-12(4-7-14)18-24-25-19(26(18)2)29-10-17(28)23-16-8-5-13(20)9-15(16)21/h3-9H,10H2,1-2H3,(H,22,27)(H,23,28). The van der Waals surface area contributed by atoms with E-state index >= 15 is 0 Å². The predicted octanol–water partition coefficient (Wildman–Crippen LogP) is 4.07. The summed E-state index contributed by atoms with van der Waals surface area (Å²) >= 11 is 4.37. The Morgan fingerprint density at radius 3 is 2.52 bits per heavy atom. The number of anilines is 2. The molecular weight excluding hydrogens is 461 g/mol. The van der Waals surface area contributed by atoms with Crippen molar-refractivity contribution in [2.24, 2.45) is 7.05 Å². The Morgan fingerprint density at radius 2 is 1.86 bits per heavy atom. The van der Waals surface area contributed by atoms with Crippen LogP contribution in [-0.4, -0.2) is 32.3 Å². The molecule has 10 heteroatoms. The number of rotatable bonds is 6. The van der Waals surface area contributed by atoms with E-state index in [0.29, 0.717) is 21.1 Å². The van der Waals surface area contributed by atoms with Crippen molar-refractivity contribution in [2.75, 3.05) is 16.4 Å². The number of hydrogen-bond donors (Lipinski definition) is 2. The molecule has 150 valence electrons. The molecule has 2 N–H and O–H groups in total. The summed E-state index contributed by atoms with van der Waals surface area (Å²) in [5, 5.41) is 14.1. The summed E-state index contributed by atoms with van der Waals surface area (Å²) in [4.78, 5) is 23.2. The highest BCUT2D eigenvalue weighted by atomic mass is 79.9. The quantitative estimate of drug-likeness (QED) is 0.522. The number of thioether (sulfide) groups is 1. The maximum Gasteiger partial charge on any atom is 0.234 e. The summed E-state index contributed by atoms with van der Waals surface area (Å²) < 4.78 is 16.2. The lowest BCUT2D eigenvalue weighted by Gasteiger charge is -2.07. The molecule has 0 atom stereocenters. The first-order valence-electron chi connectivity index (χ1n) is 8.48. The van der Waals surface area contributed by atoms with Gasteiger partial charge in [-0.25, -0.2) is 4.39 Å². The van der Waals surface area contributed by atoms with E-state index in [4.69, 9.17) is 0 Å². The molecule has 1 aromatic heterocycles. The number of halogens is 2. The molecule has 2 amide bonds. The summed E-state index contributed by atoms with van der Waals surface area (Å²) in [7, 11) is 1.80. The fraction of sp³-hybridized carbons (Fsp3) is 0.158. The monoisotopic (exact) mass is 477 g/mol. The molecule has 0 radical (unpaired) electrons. The minimum absolute atomic E-state index is 0.0585. The van der Waals surface area contributed by atoms with Crippen molar-refractivity contribution in [3.8, 4) is 11.4 Å². The van der Waals surface area contributed by atoms with Gasteiger partial charge in [-0.2, -0.15) is 0 Å². The molecule has 2 aromatic carbocycles. The zero-order chi connectivity index (χ0) is 21.0. The summed E-state index contributed by atoms with van der Waals surface area (Å²) in [6.07, 6.45) is 0. The molecule has 0 aliphatic heterocycles. The first kappa shape index (κ1) is 21.0. The van der Waals surface area contributed by atoms with Crippen molar-refractivity contribution in [1.29, 1.82) is 0 Å². The lowest BCUT2D eigenvalue weighted by molar-refractivity contribution is -0.114. The third-order valence-electron chi connectivity index (χ3n) is 3.84. The molecule has 3 aromatic rings. The van der Waals surface area contributed by atoms with Crippen molar-refractivity contribution < 1.29 is 14.0 Å². The van der Waals surface area contributed by atoms with Gasteiger partial charge in [-0.3, -0.25) is 9.59 Å². The van der Waals surface area contributed by atoms with Gasteiger partial charge in [0.05, 0.1) is 11.4 Å². The topological polar surface area (TPSA) is 88.9 Å². The van der Waals surface area contributed by atoms with Crippen LogP contribution >= 0.6 is 27.7 Å². The van der Waals surface area contributed by atoms with Gasteiger partial charge >= 0.3 is 0 Å². The molecule has 0 aliphatic carbocycles. The summed E-state index contributed by atoms with van der Waals surface area (Å²) in [6.45, 7) is 1.45. The SMILES string of the molecule is CC(=O)Nc1ccc(-c2nnc(SCC(=O)Nc3ccc(Br)cc3F)n2C)cc1. The van der Waals surface area contributed by atoms with E-state index in [2.05, 4.69) is 36.8 Å². The Labute approximate surface area is 179 Å². The minimum atomic E-state index is -0.513. The molecule has 0 saturated carbocycles. The number of aromatic nitrogens is 3. The number of carbonyl (C=O) groups is 2. The highest BCUT2D eigenvalue weighted by Crippen LogP contribution is 2.24. The number of nitrogens with zero attached hydrogens (tertiary/aromatic N) is 3. The largest absolute Gasteiger partial charge is 0.326 e. The van der Waals surface area contributed by atoms with Gasteiger partial charge in [0.1, 0.15) is 5.82 Å². The van der Waals surface area contributed by atoms with Crippen LogP contribution in [0.15, 0.2) is 52.1 Å². The van der Waals surface area contributed by atoms with Crippen LogP contribution in [0.25, 0.3) is 11.4 Å². The number of hydrogen-bond acceptors (Lipinski definition) is 5. The fourth-order valence-electron chi connectivity index (χ4n) is 2.51. The van der Waals surface area contributed by atoms with E-state index in [-0.39, 0.29) is 23.3 Å². The molecule has 0 fully saturated rings. The van der Waals surface area contributed by atoms with Gasteiger partial charge in [0.15, 0.2) is 11.0 Å². The van der Waals surface area contributed by atoms with Crippen molar-refractivity contribution in [3.05, 3.63) is 52.8 Å². The Morgan fingerprint density at radius 1 is 1.14 bits per heavy atom. The molecule has 0 unspecified atom stereocenters. The lowest BCUT2D eigenvalue weighted by Crippen LogP contribution is -2.15. The van der Waals surface area contributed by atoms with Crippen LogP contribution < -0.4 is 10.6 Å². The summed E-state index contributed by atoms with van der Waals surface area (Å²) in [6, 6.07) is 11.6. The third kappa shape index (κ3) is 5.42. The molecule has 7 nitrogen and oxygen atoms in total. The average molecular weight is 478 g/mol. The smallest absolute Gasteiger partial charge is 0.234 e. The normalized spacial score (nSPS) is 10.6. The van der Waals surface area contributed by atoms with Crippen molar-refractivity contribution in [2.45, 2.75) is 12.1 Å². The van der Waals surface area contributed by atoms with Crippen LogP contribution in [0.2, 0.25) is 0 Å². The van der Waals surface area contributed by atoms with Gasteiger partial charge in [0, 0.05) is 29.7 Å². The number of carbonyl (C=O) groups excluding carboxylic acids is 2. The molecule has 0 aliphatic rings. The number of nitrogens with one attached hydrogen (secondary N) is 2. The van der Waals surface area contributed by atoms with Gasteiger partial charge in [-0.15, -0.1) is 10.2 Å². The van der Waals surface area contributed by atoms with Crippen molar-refractivity contribution in [3.63, 3.8) is 0 Å². The van der Waals surface area contributed by atoms with Crippen LogP contribution in [-0.2, 0) is 16.6 Å². The van der Waals surface area contributed by atoms with E-state index in [9.17, 15) is 14.0 Å². The van der Waals surface area contributed by atoms with Gasteiger partial charge in [0.25, 0.3) is 0 Å². The molecule has 29 heavy (non-hydrogen) atoms. The molecule has 0 spiro atoms. The maximum absolute atomic E-state index is 13.8. The van der Waals surface area contributed by atoms with E-state index in [1.54, 1.807) is 29.8 Å². The van der Waals surface area contributed by atoms with Crippen LogP contribution in [0.4, 0.5) is 15.8 Å². The molecule has 1 heterocycles. The highest BCUT2D eigenvalue weighted by Gasteiger charge is 2.14. The van der Waals surface area contributed by atoms with E-state index in [0.717, 1.165) is 5.56 Å². The van der Waals surface area contributed by atoms with Crippen LogP contribution in [0.1, 0.15) is 6.92 Å². The molecular formula is C19H17BrFN5O2S. The second-order valence-corrected chi connectivity index (χ2v) is 7.94. The van der Waals surface area contributed by atoms with Crippen LogP contribution in [0, 0.1) is 5.82 Å². The van der Waals surface area contributed by atoms with E-state index < -0.39 is 5.82 Å². The molecule has 0 bridgehead atoms. The average Bonchev–Trinajstić information content (AvgIpc) is 3.03. The second kappa shape index (κ2) is 9.19. The first-order chi connectivity index (χ1) is 13.8. The van der Waals surface area contributed by atoms with Gasteiger partial charge in [-0.1, -0.05) is 27.7 Å². The van der Waals surface area contributed by atoms with Gasteiger partial charge in [0.2, 0.25) is 11.8 Å². The summed E-state index contributed by atoms with van der Waals surface area (Å²) in [5.74, 6) is -0.317. The predicted molar refractivity (Wildman–Crippen MR) is 114 cm³/mol. The Kier molecular flexibility index (Phi) is 6.65. The maximum atomic E-state index is 13.8. The van der Waals surface area contributed by atoms with Crippen LogP contribution in [0.5, 0.6) is 0 Å². The number of amides is 2. The number of benzene rings is 2. The Balaban J connectivity index is 1.63. The zero-order valence-corrected chi connectivity index (χ0v) is 18.0. The highest BCUT2D eigenvalue weighted by molar-refractivity contribution is 9.10. The molecule has 0 saturated heterocycles. The third-order valence-corrected chi connectivity index (χ3v) is 5.35. The Bertz CT molecular complexity index is 1060. The van der Waals surface area contributed by atoms with E-state index in [1.165, 1.54) is 30.8 Å². The minimum Gasteiger partial charge on any atom is -0.326 e. The zero-order valence-electron chi connectivity index (χ0n) is 15.6. The van der Waals surface area contributed by atoms with Crippen LogP contribution in [0.3, 0.4) is 0 Å². The lowest BCUT2D eigenvalue weighted by atomic mass is 10.2. The van der Waals surface area contributed by atoms with Gasteiger partial charge < -0.3 is 15.2 Å². The fourth-order valence-corrected chi connectivity index (χ4v) is 3.55. The second-order valence-electron chi connectivity index (χ2n) is 6.08. The Hall–Kier alpha value is -2.72. The molecule has 3 rings (SSSR count).